The summed E-state index contributed by atoms with van der Waals surface area (Å²) in [6, 6.07) is 3.69. The third kappa shape index (κ3) is 3.20. The highest BCUT2D eigenvalue weighted by Gasteiger charge is 2.21. The van der Waals surface area contributed by atoms with Crippen LogP contribution < -0.4 is 5.32 Å². The lowest BCUT2D eigenvalue weighted by Crippen LogP contribution is -2.37. The molecule has 0 bridgehead atoms. The van der Waals surface area contributed by atoms with Crippen molar-refractivity contribution in [2.24, 2.45) is 5.92 Å². The maximum atomic E-state index is 11.9. The number of carboxylic acids is 1. The fourth-order valence-corrected chi connectivity index (χ4v) is 2.15. The second-order valence-electron chi connectivity index (χ2n) is 5.14. The van der Waals surface area contributed by atoms with Gasteiger partial charge in [0.1, 0.15) is 11.3 Å². The van der Waals surface area contributed by atoms with Gasteiger partial charge in [-0.1, -0.05) is 6.42 Å². The molecular formula is C14H18N2O4. The summed E-state index contributed by atoms with van der Waals surface area (Å²) >= 11 is 0. The lowest BCUT2D eigenvalue weighted by Gasteiger charge is -2.30. The molecule has 1 aromatic rings. The summed E-state index contributed by atoms with van der Waals surface area (Å²) in [6.45, 7) is 0.713. The van der Waals surface area contributed by atoms with Gasteiger partial charge in [-0.15, -0.1) is 0 Å². The van der Waals surface area contributed by atoms with Crippen molar-refractivity contribution in [2.45, 2.75) is 19.3 Å². The highest BCUT2D eigenvalue weighted by Crippen LogP contribution is 2.27. The molecule has 0 saturated heterocycles. The summed E-state index contributed by atoms with van der Waals surface area (Å²) in [4.78, 5) is 24.3. The number of aromatic carboxylic acids is 1. The Balaban J connectivity index is 1.96. The van der Waals surface area contributed by atoms with Crippen LogP contribution in [0.4, 0.5) is 10.5 Å². The Morgan fingerprint density at radius 2 is 2.10 bits per heavy atom. The van der Waals surface area contributed by atoms with Gasteiger partial charge in [-0.3, -0.25) is 0 Å². The number of carbonyl (C=O) groups excluding carboxylic acids is 1. The number of hydrogen-bond donors (Lipinski definition) is 3. The molecule has 0 aromatic heterocycles. The first-order chi connectivity index (χ1) is 9.47. The Morgan fingerprint density at radius 1 is 1.40 bits per heavy atom. The van der Waals surface area contributed by atoms with Crippen molar-refractivity contribution in [1.29, 1.82) is 0 Å². The van der Waals surface area contributed by atoms with E-state index in [1.165, 1.54) is 24.6 Å². The van der Waals surface area contributed by atoms with E-state index in [1.807, 2.05) is 0 Å². The first kappa shape index (κ1) is 14.2. The van der Waals surface area contributed by atoms with Crippen molar-refractivity contribution in [3.63, 3.8) is 0 Å². The number of carboxylic acid groups (broad SMARTS) is 1. The highest BCUT2D eigenvalue weighted by atomic mass is 16.4. The molecule has 6 nitrogen and oxygen atoms in total. The number of rotatable bonds is 4. The van der Waals surface area contributed by atoms with E-state index >= 15 is 0 Å². The van der Waals surface area contributed by atoms with Crippen LogP contribution in [-0.4, -0.2) is 40.7 Å². The number of nitrogens with one attached hydrogen (secondary N) is 1. The van der Waals surface area contributed by atoms with Crippen LogP contribution in [0.1, 0.15) is 29.6 Å². The lowest BCUT2D eigenvalue weighted by molar-refractivity contribution is 0.0694. The standard InChI is InChI=1S/C14H18N2O4/c1-16(8-9-3-2-4-9)14(20)15-10-5-6-11(13(18)19)12(17)7-10/h5-7,9,17H,2-4,8H2,1H3,(H,15,20)(H,18,19). The first-order valence-corrected chi connectivity index (χ1v) is 6.56. The third-order valence-corrected chi connectivity index (χ3v) is 3.58. The van der Waals surface area contributed by atoms with Crippen molar-refractivity contribution in [3.05, 3.63) is 23.8 Å². The van der Waals surface area contributed by atoms with Gasteiger partial charge in [0.2, 0.25) is 0 Å². The summed E-state index contributed by atoms with van der Waals surface area (Å²) in [5.74, 6) is -0.993. The zero-order chi connectivity index (χ0) is 14.7. The van der Waals surface area contributed by atoms with E-state index in [4.69, 9.17) is 5.11 Å². The van der Waals surface area contributed by atoms with Crippen molar-refractivity contribution in [2.75, 3.05) is 18.9 Å². The van der Waals surface area contributed by atoms with Crippen LogP contribution in [0.15, 0.2) is 18.2 Å². The predicted octanol–water partition coefficient (Wildman–Crippen LogP) is 2.35. The Bertz CT molecular complexity index is 526. The molecule has 6 heteroatoms. The molecule has 2 rings (SSSR count). The van der Waals surface area contributed by atoms with Crippen LogP contribution in [0.2, 0.25) is 0 Å². The van der Waals surface area contributed by atoms with Gasteiger partial charge in [-0.25, -0.2) is 9.59 Å². The van der Waals surface area contributed by atoms with Crippen molar-refractivity contribution in [3.8, 4) is 5.75 Å². The van der Waals surface area contributed by atoms with E-state index < -0.39 is 5.97 Å². The van der Waals surface area contributed by atoms with E-state index in [0.29, 0.717) is 18.2 Å². The molecule has 0 spiro atoms. The van der Waals surface area contributed by atoms with Gasteiger partial charge in [0.15, 0.2) is 0 Å². The van der Waals surface area contributed by atoms with Crippen LogP contribution in [0.5, 0.6) is 5.75 Å². The largest absolute Gasteiger partial charge is 0.507 e. The smallest absolute Gasteiger partial charge is 0.339 e. The van der Waals surface area contributed by atoms with Crippen molar-refractivity contribution in [1.82, 2.24) is 4.90 Å². The molecule has 0 heterocycles. The van der Waals surface area contributed by atoms with Crippen LogP contribution in [-0.2, 0) is 0 Å². The average molecular weight is 278 g/mol. The molecule has 0 aliphatic heterocycles. The Morgan fingerprint density at radius 3 is 2.60 bits per heavy atom. The third-order valence-electron chi connectivity index (χ3n) is 3.58. The van der Waals surface area contributed by atoms with E-state index in [9.17, 15) is 14.7 Å². The Labute approximate surface area is 117 Å². The molecule has 0 radical (unpaired) electrons. The number of nitrogens with zero attached hydrogens (tertiary/aromatic N) is 1. The molecule has 3 N–H and O–H groups in total. The van der Waals surface area contributed by atoms with Crippen LogP contribution in [0.3, 0.4) is 0 Å². The molecule has 0 unspecified atom stereocenters. The molecular weight excluding hydrogens is 260 g/mol. The monoisotopic (exact) mass is 278 g/mol. The number of anilines is 1. The summed E-state index contributed by atoms with van der Waals surface area (Å²) in [5, 5.41) is 21.0. The van der Waals surface area contributed by atoms with Gasteiger partial charge < -0.3 is 20.4 Å². The average Bonchev–Trinajstić information content (AvgIpc) is 2.33. The number of carbonyl (C=O) groups is 2. The van der Waals surface area contributed by atoms with Gasteiger partial charge in [0.05, 0.1) is 0 Å². The number of amides is 2. The van der Waals surface area contributed by atoms with Gasteiger partial charge in [-0.2, -0.15) is 0 Å². The summed E-state index contributed by atoms with van der Waals surface area (Å²) in [6.07, 6.45) is 3.54. The lowest BCUT2D eigenvalue weighted by atomic mass is 9.85. The molecule has 2 amide bonds. The number of aromatic hydroxyl groups is 1. The normalized spacial score (nSPS) is 14.4. The fraction of sp³-hybridized carbons (Fsp3) is 0.429. The van der Waals surface area contributed by atoms with Gasteiger partial charge >= 0.3 is 12.0 Å². The quantitative estimate of drug-likeness (QED) is 0.788. The summed E-state index contributed by atoms with van der Waals surface area (Å²) < 4.78 is 0. The molecule has 1 aliphatic rings. The molecule has 1 fully saturated rings. The molecule has 108 valence electrons. The summed E-state index contributed by atoms with van der Waals surface area (Å²) in [7, 11) is 1.72. The number of urea groups is 1. The summed E-state index contributed by atoms with van der Waals surface area (Å²) in [5.41, 5.74) is 0.184. The minimum Gasteiger partial charge on any atom is -0.507 e. The van der Waals surface area contributed by atoms with Crippen molar-refractivity contribution >= 4 is 17.7 Å². The minimum absolute atomic E-state index is 0.189. The SMILES string of the molecule is CN(CC1CCC1)C(=O)Nc1ccc(C(=O)O)c(O)c1. The number of hydrogen-bond acceptors (Lipinski definition) is 3. The molecule has 20 heavy (non-hydrogen) atoms. The van der Waals surface area contributed by atoms with Crippen LogP contribution >= 0.6 is 0 Å². The van der Waals surface area contributed by atoms with E-state index in [1.54, 1.807) is 11.9 Å². The first-order valence-electron chi connectivity index (χ1n) is 6.56. The minimum atomic E-state index is -1.21. The molecule has 1 aromatic carbocycles. The van der Waals surface area contributed by atoms with E-state index in [2.05, 4.69) is 5.32 Å². The van der Waals surface area contributed by atoms with E-state index in [-0.39, 0.29) is 17.3 Å². The van der Waals surface area contributed by atoms with Crippen LogP contribution in [0.25, 0.3) is 0 Å². The molecule has 0 atom stereocenters. The Hall–Kier alpha value is -2.24. The Kier molecular flexibility index (Phi) is 4.12. The predicted molar refractivity (Wildman–Crippen MR) is 74.1 cm³/mol. The number of phenols is 1. The maximum Gasteiger partial charge on any atom is 0.339 e. The van der Waals surface area contributed by atoms with E-state index in [0.717, 1.165) is 12.8 Å². The van der Waals surface area contributed by atoms with Crippen molar-refractivity contribution < 1.29 is 19.8 Å². The zero-order valence-corrected chi connectivity index (χ0v) is 11.3. The zero-order valence-electron chi connectivity index (χ0n) is 11.3. The highest BCUT2D eigenvalue weighted by molar-refractivity contribution is 5.93. The molecule has 1 saturated carbocycles. The van der Waals surface area contributed by atoms with Gasteiger partial charge in [0, 0.05) is 25.3 Å². The molecule has 1 aliphatic carbocycles. The topological polar surface area (TPSA) is 89.9 Å². The second-order valence-corrected chi connectivity index (χ2v) is 5.14. The maximum absolute atomic E-state index is 11.9. The van der Waals surface area contributed by atoms with Crippen LogP contribution in [0, 0.1) is 5.92 Å². The van der Waals surface area contributed by atoms with Gasteiger partial charge in [0.25, 0.3) is 0 Å². The second kappa shape index (κ2) is 5.81. The number of benzene rings is 1. The van der Waals surface area contributed by atoms with Gasteiger partial charge in [-0.05, 0) is 30.9 Å². The fourth-order valence-electron chi connectivity index (χ4n) is 2.15.